The summed E-state index contributed by atoms with van der Waals surface area (Å²) in [5, 5.41) is 3.25. The van der Waals surface area contributed by atoms with Gasteiger partial charge in [-0.05, 0) is 44.0 Å². The lowest BCUT2D eigenvalue weighted by atomic mass is 10.0. The van der Waals surface area contributed by atoms with Gasteiger partial charge in [0, 0.05) is 42.8 Å². The zero-order valence-corrected chi connectivity index (χ0v) is 12.9. The van der Waals surface area contributed by atoms with E-state index in [9.17, 15) is 0 Å². The largest absolute Gasteiger partial charge is 0.371 e. The van der Waals surface area contributed by atoms with Gasteiger partial charge < -0.3 is 10.2 Å². The van der Waals surface area contributed by atoms with Crippen molar-refractivity contribution in [3.63, 3.8) is 0 Å². The first-order chi connectivity index (χ1) is 10.3. The summed E-state index contributed by atoms with van der Waals surface area (Å²) in [6.45, 7) is 5.10. The highest BCUT2D eigenvalue weighted by molar-refractivity contribution is 5.54. The van der Waals surface area contributed by atoms with Gasteiger partial charge in [-0.25, -0.2) is 0 Å². The topological polar surface area (TPSA) is 28.2 Å². The summed E-state index contributed by atoms with van der Waals surface area (Å²) in [5.74, 6) is 0. The number of fused-ring (bicyclic) bond motifs is 1. The van der Waals surface area contributed by atoms with Crippen LogP contribution in [0.15, 0.2) is 36.5 Å². The number of anilines is 1. The maximum absolute atomic E-state index is 4.45. The molecule has 2 aromatic rings. The summed E-state index contributed by atoms with van der Waals surface area (Å²) in [7, 11) is 1.99. The monoisotopic (exact) mass is 281 g/mol. The molecule has 3 nitrogen and oxygen atoms in total. The zero-order chi connectivity index (χ0) is 14.7. The minimum Gasteiger partial charge on any atom is -0.371 e. The molecular weight excluding hydrogens is 258 g/mol. The highest BCUT2D eigenvalue weighted by atomic mass is 15.1. The van der Waals surface area contributed by atoms with Crippen LogP contribution in [0.1, 0.15) is 22.4 Å². The lowest BCUT2D eigenvalue weighted by Crippen LogP contribution is -2.28. The first-order valence-electron chi connectivity index (χ1n) is 7.70. The fourth-order valence-electron chi connectivity index (χ4n) is 3.10. The molecule has 0 saturated carbocycles. The molecule has 1 aromatic heterocycles. The Kier molecular flexibility index (Phi) is 4.20. The van der Waals surface area contributed by atoms with Gasteiger partial charge in [0.1, 0.15) is 0 Å². The summed E-state index contributed by atoms with van der Waals surface area (Å²) in [6, 6.07) is 11.1. The molecule has 1 N–H and O–H groups in total. The van der Waals surface area contributed by atoms with Crippen molar-refractivity contribution < 1.29 is 0 Å². The Labute approximate surface area is 127 Å². The van der Waals surface area contributed by atoms with Gasteiger partial charge in [-0.15, -0.1) is 0 Å². The molecular formula is C18H23N3. The number of nitrogens with zero attached hydrogens (tertiary/aromatic N) is 2. The van der Waals surface area contributed by atoms with Crippen LogP contribution in [0.5, 0.6) is 0 Å². The number of aryl methyl sites for hydroxylation is 1. The second-order valence-corrected chi connectivity index (χ2v) is 5.74. The Hall–Kier alpha value is -1.87. The fraction of sp³-hybridized carbons (Fsp3) is 0.389. The van der Waals surface area contributed by atoms with Crippen LogP contribution in [-0.4, -0.2) is 25.1 Å². The summed E-state index contributed by atoms with van der Waals surface area (Å²) in [6.07, 6.45) is 4.26. The molecule has 110 valence electrons. The molecule has 0 radical (unpaired) electrons. The van der Waals surface area contributed by atoms with E-state index in [1.807, 2.05) is 13.2 Å². The third-order valence-corrected chi connectivity index (χ3v) is 4.23. The molecule has 1 aliphatic heterocycles. The van der Waals surface area contributed by atoms with Crippen LogP contribution in [0.4, 0.5) is 5.69 Å². The molecule has 2 heterocycles. The molecule has 1 aliphatic rings. The average Bonchev–Trinajstić information content (AvgIpc) is 2.72. The van der Waals surface area contributed by atoms with Crippen LogP contribution in [0.25, 0.3) is 0 Å². The normalized spacial score (nSPS) is 14.7. The van der Waals surface area contributed by atoms with Crippen LogP contribution >= 0.6 is 0 Å². The quantitative estimate of drug-likeness (QED) is 0.937. The molecule has 0 amide bonds. The van der Waals surface area contributed by atoms with Gasteiger partial charge in [-0.3, -0.25) is 4.98 Å². The molecule has 0 atom stereocenters. The third kappa shape index (κ3) is 3.08. The van der Waals surface area contributed by atoms with Crippen LogP contribution in [0.3, 0.4) is 0 Å². The van der Waals surface area contributed by atoms with E-state index in [0.29, 0.717) is 0 Å². The Balaban J connectivity index is 1.87. The van der Waals surface area contributed by atoms with E-state index in [1.54, 1.807) is 0 Å². The Morgan fingerprint density at radius 3 is 2.43 bits per heavy atom. The van der Waals surface area contributed by atoms with Gasteiger partial charge in [0.05, 0.1) is 0 Å². The molecule has 0 unspecified atom stereocenters. The van der Waals surface area contributed by atoms with Crippen LogP contribution < -0.4 is 10.2 Å². The molecule has 0 aliphatic carbocycles. The Morgan fingerprint density at radius 2 is 1.81 bits per heavy atom. The van der Waals surface area contributed by atoms with Crippen molar-refractivity contribution in [2.45, 2.75) is 26.3 Å². The van der Waals surface area contributed by atoms with Crippen molar-refractivity contribution in [2.24, 2.45) is 0 Å². The second-order valence-electron chi connectivity index (χ2n) is 5.74. The first kappa shape index (κ1) is 14.1. The highest BCUT2D eigenvalue weighted by Crippen LogP contribution is 2.24. The average molecular weight is 281 g/mol. The molecule has 0 fully saturated rings. The number of pyridine rings is 1. The van der Waals surface area contributed by atoms with E-state index in [1.165, 1.54) is 22.4 Å². The summed E-state index contributed by atoms with van der Waals surface area (Å²) in [5.41, 5.74) is 6.72. The number of nitrogens with one attached hydrogen (secondary N) is 1. The second kappa shape index (κ2) is 6.27. The van der Waals surface area contributed by atoms with Gasteiger partial charge in [0.2, 0.25) is 0 Å². The number of hydrogen-bond acceptors (Lipinski definition) is 3. The number of benzene rings is 1. The van der Waals surface area contributed by atoms with E-state index < -0.39 is 0 Å². The number of aromatic nitrogens is 1. The highest BCUT2D eigenvalue weighted by Gasteiger charge is 2.16. The van der Waals surface area contributed by atoms with E-state index in [2.05, 4.69) is 52.5 Å². The SMILES string of the molecule is CNCc1cnc(C)cc1N1CCc2ccccc2CC1. The van der Waals surface area contributed by atoms with Gasteiger partial charge in [0.15, 0.2) is 0 Å². The summed E-state index contributed by atoms with van der Waals surface area (Å²) in [4.78, 5) is 6.96. The number of rotatable bonds is 3. The van der Waals surface area contributed by atoms with Gasteiger partial charge in [-0.2, -0.15) is 0 Å². The number of hydrogen-bond donors (Lipinski definition) is 1. The van der Waals surface area contributed by atoms with Gasteiger partial charge >= 0.3 is 0 Å². The lowest BCUT2D eigenvalue weighted by Gasteiger charge is -2.25. The zero-order valence-electron chi connectivity index (χ0n) is 12.9. The first-order valence-corrected chi connectivity index (χ1v) is 7.70. The molecule has 3 rings (SSSR count). The maximum atomic E-state index is 4.45. The predicted molar refractivity (Wildman–Crippen MR) is 87.8 cm³/mol. The smallest absolute Gasteiger partial charge is 0.0445 e. The van der Waals surface area contributed by atoms with E-state index >= 15 is 0 Å². The molecule has 1 aromatic carbocycles. The molecule has 0 bridgehead atoms. The van der Waals surface area contributed by atoms with Gasteiger partial charge in [-0.1, -0.05) is 24.3 Å². The fourth-order valence-corrected chi connectivity index (χ4v) is 3.10. The van der Waals surface area contributed by atoms with Crippen molar-refractivity contribution in [3.8, 4) is 0 Å². The minimum absolute atomic E-state index is 0.867. The maximum Gasteiger partial charge on any atom is 0.0445 e. The minimum atomic E-state index is 0.867. The third-order valence-electron chi connectivity index (χ3n) is 4.23. The van der Waals surface area contributed by atoms with Crippen LogP contribution in [-0.2, 0) is 19.4 Å². The van der Waals surface area contributed by atoms with Crippen LogP contribution in [0, 0.1) is 6.92 Å². The molecule has 3 heteroatoms. The molecule has 0 spiro atoms. The van der Waals surface area contributed by atoms with E-state index in [4.69, 9.17) is 0 Å². The Morgan fingerprint density at radius 1 is 1.14 bits per heavy atom. The van der Waals surface area contributed by atoms with Crippen molar-refractivity contribution in [1.82, 2.24) is 10.3 Å². The standard InChI is InChI=1S/C18H23N3/c1-14-11-18(17(12-19-2)13-20-14)21-9-7-15-5-3-4-6-16(15)8-10-21/h3-6,11,13,19H,7-10,12H2,1-2H3. The van der Waals surface area contributed by atoms with E-state index in [-0.39, 0.29) is 0 Å². The van der Waals surface area contributed by atoms with Crippen molar-refractivity contribution in [1.29, 1.82) is 0 Å². The van der Waals surface area contributed by atoms with Gasteiger partial charge in [0.25, 0.3) is 0 Å². The predicted octanol–water partition coefficient (Wildman–Crippen LogP) is 2.71. The van der Waals surface area contributed by atoms with E-state index in [0.717, 1.165) is 38.2 Å². The molecule has 0 saturated heterocycles. The lowest BCUT2D eigenvalue weighted by molar-refractivity contribution is 0.768. The van der Waals surface area contributed by atoms with Crippen molar-refractivity contribution in [2.75, 3.05) is 25.0 Å². The van der Waals surface area contributed by atoms with Crippen molar-refractivity contribution in [3.05, 3.63) is 58.9 Å². The summed E-state index contributed by atoms with van der Waals surface area (Å²) < 4.78 is 0. The molecule has 21 heavy (non-hydrogen) atoms. The van der Waals surface area contributed by atoms with Crippen molar-refractivity contribution >= 4 is 5.69 Å². The Bertz CT molecular complexity index is 595. The summed E-state index contributed by atoms with van der Waals surface area (Å²) >= 11 is 0. The van der Waals surface area contributed by atoms with Crippen LogP contribution in [0.2, 0.25) is 0 Å².